The third-order valence-electron chi connectivity index (χ3n) is 6.51. The molecule has 1 fully saturated rings. The Labute approximate surface area is 189 Å². The van der Waals surface area contributed by atoms with E-state index < -0.39 is 5.41 Å². The monoisotopic (exact) mass is 434 g/mol. The van der Waals surface area contributed by atoms with Crippen molar-refractivity contribution in [3.63, 3.8) is 0 Å². The number of nitrogens with one attached hydrogen (secondary N) is 1. The van der Waals surface area contributed by atoms with Crippen molar-refractivity contribution in [1.82, 2.24) is 10.2 Å². The molecule has 2 aromatic carbocycles. The highest BCUT2D eigenvalue weighted by Crippen LogP contribution is 2.47. The lowest BCUT2D eigenvalue weighted by Gasteiger charge is -2.46. The highest BCUT2D eigenvalue weighted by Gasteiger charge is 2.49. The fourth-order valence-corrected chi connectivity index (χ4v) is 4.80. The van der Waals surface area contributed by atoms with Crippen LogP contribution in [0.5, 0.6) is 11.5 Å². The zero-order valence-electron chi connectivity index (χ0n) is 18.7. The molecule has 168 valence electrons. The molecule has 2 aromatic rings. The molecule has 0 bridgehead atoms. The summed E-state index contributed by atoms with van der Waals surface area (Å²) in [5, 5.41) is 3.13. The molecule has 0 saturated carbocycles. The fraction of sp³-hybridized carbons (Fsp3) is 0.385. The van der Waals surface area contributed by atoms with Crippen LogP contribution in [0.15, 0.2) is 60.3 Å². The van der Waals surface area contributed by atoms with Gasteiger partial charge in [0.05, 0.1) is 26.2 Å². The number of hydrogen-bond acceptors (Lipinski definition) is 4. The number of hydrogen-bond donors (Lipinski definition) is 1. The quantitative estimate of drug-likeness (QED) is 0.709. The number of likely N-dealkylation sites (tertiary alicyclic amines) is 1. The Morgan fingerprint density at radius 1 is 1.03 bits per heavy atom. The summed E-state index contributed by atoms with van der Waals surface area (Å²) in [4.78, 5) is 28.2. The molecule has 0 radical (unpaired) electrons. The van der Waals surface area contributed by atoms with Crippen molar-refractivity contribution in [2.75, 3.05) is 14.2 Å². The van der Waals surface area contributed by atoms with Gasteiger partial charge < -0.3 is 19.7 Å². The lowest BCUT2D eigenvalue weighted by molar-refractivity contribution is -0.141. The lowest BCUT2D eigenvalue weighted by Crippen LogP contribution is -2.52. The van der Waals surface area contributed by atoms with Gasteiger partial charge in [0, 0.05) is 18.7 Å². The average Bonchev–Trinajstić information content (AvgIpc) is 2.84. The van der Waals surface area contributed by atoms with E-state index in [2.05, 4.69) is 11.4 Å². The first-order chi connectivity index (χ1) is 15.6. The maximum absolute atomic E-state index is 13.6. The number of carbonyl (C=O) groups is 2. The number of rotatable bonds is 7. The van der Waals surface area contributed by atoms with Crippen molar-refractivity contribution in [2.45, 2.75) is 45.2 Å². The van der Waals surface area contributed by atoms with E-state index in [1.807, 2.05) is 53.4 Å². The molecule has 1 aliphatic heterocycles. The third kappa shape index (κ3) is 4.22. The normalized spacial score (nSPS) is 20.2. The van der Waals surface area contributed by atoms with E-state index in [1.54, 1.807) is 14.2 Å². The van der Waals surface area contributed by atoms with Gasteiger partial charge in [0.25, 0.3) is 0 Å². The number of ether oxygens (including phenoxy) is 2. The Morgan fingerprint density at radius 2 is 1.81 bits per heavy atom. The van der Waals surface area contributed by atoms with Crippen molar-refractivity contribution in [2.24, 2.45) is 5.41 Å². The summed E-state index contributed by atoms with van der Waals surface area (Å²) in [5.41, 5.74) is 2.21. The Hall–Kier alpha value is -3.28. The molecule has 1 saturated heterocycles. The zero-order chi connectivity index (χ0) is 22.6. The van der Waals surface area contributed by atoms with Crippen LogP contribution in [0.4, 0.5) is 0 Å². The summed E-state index contributed by atoms with van der Waals surface area (Å²) in [7, 11) is 3.19. The molecule has 1 N–H and O–H groups in total. The van der Waals surface area contributed by atoms with E-state index in [0.717, 1.165) is 36.1 Å². The second-order valence-electron chi connectivity index (χ2n) is 8.40. The maximum Gasteiger partial charge on any atom is 0.232 e. The van der Waals surface area contributed by atoms with E-state index in [0.29, 0.717) is 37.4 Å². The summed E-state index contributed by atoms with van der Waals surface area (Å²) in [5.74, 6) is 1.36. The van der Waals surface area contributed by atoms with Crippen LogP contribution in [-0.2, 0) is 22.7 Å². The fourth-order valence-electron chi connectivity index (χ4n) is 4.80. The first-order valence-corrected chi connectivity index (χ1v) is 11.1. The second-order valence-corrected chi connectivity index (χ2v) is 8.40. The van der Waals surface area contributed by atoms with Crippen molar-refractivity contribution < 1.29 is 19.1 Å². The highest BCUT2D eigenvalue weighted by atomic mass is 16.5. The predicted molar refractivity (Wildman–Crippen MR) is 122 cm³/mol. The van der Waals surface area contributed by atoms with Crippen molar-refractivity contribution in [3.05, 3.63) is 71.4 Å². The van der Waals surface area contributed by atoms with Gasteiger partial charge in [-0.2, -0.15) is 0 Å². The predicted octanol–water partition coefficient (Wildman–Crippen LogP) is 4.20. The molecule has 1 atom stereocenters. The Balaban J connectivity index is 1.54. The Bertz CT molecular complexity index is 1020. The Kier molecular flexibility index (Phi) is 6.49. The van der Waals surface area contributed by atoms with Gasteiger partial charge in [0.15, 0.2) is 11.5 Å². The first-order valence-electron chi connectivity index (χ1n) is 11.1. The van der Waals surface area contributed by atoms with Gasteiger partial charge >= 0.3 is 0 Å². The molecule has 2 amide bonds. The van der Waals surface area contributed by atoms with Gasteiger partial charge in [-0.25, -0.2) is 0 Å². The largest absolute Gasteiger partial charge is 0.493 e. The van der Waals surface area contributed by atoms with Gasteiger partial charge in [-0.15, -0.1) is 0 Å². The van der Waals surface area contributed by atoms with E-state index in [9.17, 15) is 9.59 Å². The summed E-state index contributed by atoms with van der Waals surface area (Å²) in [6.45, 7) is 0.886. The summed E-state index contributed by atoms with van der Waals surface area (Å²) in [6.07, 6.45) is 5.63. The van der Waals surface area contributed by atoms with E-state index >= 15 is 0 Å². The zero-order valence-corrected chi connectivity index (χ0v) is 18.7. The van der Waals surface area contributed by atoms with Crippen molar-refractivity contribution >= 4 is 11.8 Å². The Morgan fingerprint density at radius 3 is 2.56 bits per heavy atom. The van der Waals surface area contributed by atoms with Crippen LogP contribution in [0, 0.1) is 5.41 Å². The molecular weight excluding hydrogens is 404 g/mol. The minimum absolute atomic E-state index is 0.0104. The van der Waals surface area contributed by atoms with Crippen molar-refractivity contribution in [1.29, 1.82) is 0 Å². The summed E-state index contributed by atoms with van der Waals surface area (Å²) >= 11 is 0. The molecule has 6 heteroatoms. The van der Waals surface area contributed by atoms with E-state index in [4.69, 9.17) is 9.47 Å². The van der Waals surface area contributed by atoms with Gasteiger partial charge in [0.2, 0.25) is 11.8 Å². The van der Waals surface area contributed by atoms with Crippen LogP contribution in [0.25, 0.3) is 0 Å². The number of carbonyl (C=O) groups excluding carboxylic acids is 2. The maximum atomic E-state index is 13.6. The van der Waals surface area contributed by atoms with Crippen LogP contribution < -0.4 is 14.8 Å². The number of allylic oxidation sites excluding steroid dienone is 1. The van der Waals surface area contributed by atoms with E-state index in [-0.39, 0.29) is 11.8 Å². The molecule has 0 aromatic heterocycles. The number of nitrogens with zero attached hydrogens (tertiary/aromatic N) is 1. The van der Waals surface area contributed by atoms with Crippen LogP contribution >= 0.6 is 0 Å². The van der Waals surface area contributed by atoms with Crippen LogP contribution in [0.1, 0.15) is 43.2 Å². The van der Waals surface area contributed by atoms with Crippen LogP contribution in [0.2, 0.25) is 0 Å². The molecule has 1 unspecified atom stereocenters. The molecule has 32 heavy (non-hydrogen) atoms. The molecule has 2 aliphatic rings. The molecule has 0 spiro atoms. The van der Waals surface area contributed by atoms with Crippen LogP contribution in [0.3, 0.4) is 0 Å². The number of benzene rings is 2. The third-order valence-corrected chi connectivity index (χ3v) is 6.51. The van der Waals surface area contributed by atoms with Gasteiger partial charge in [-0.1, -0.05) is 42.5 Å². The average molecular weight is 435 g/mol. The topological polar surface area (TPSA) is 67.9 Å². The molecule has 6 nitrogen and oxygen atoms in total. The molecule has 1 aliphatic carbocycles. The number of methoxy groups -OCH3 is 2. The van der Waals surface area contributed by atoms with E-state index in [1.165, 1.54) is 0 Å². The van der Waals surface area contributed by atoms with Crippen molar-refractivity contribution in [3.8, 4) is 11.5 Å². The minimum Gasteiger partial charge on any atom is -0.493 e. The van der Waals surface area contributed by atoms with Gasteiger partial charge in [-0.05, 0) is 48.9 Å². The highest BCUT2D eigenvalue weighted by molar-refractivity contribution is 5.91. The SMILES string of the molecule is COc1ccc(CNC(=O)C23CCCC=C2N(Cc2ccccc2)C(=O)CC3)cc1OC. The van der Waals surface area contributed by atoms with Crippen LogP contribution in [-0.4, -0.2) is 30.9 Å². The smallest absolute Gasteiger partial charge is 0.232 e. The lowest BCUT2D eigenvalue weighted by atomic mass is 9.69. The number of amides is 2. The minimum atomic E-state index is -0.655. The summed E-state index contributed by atoms with van der Waals surface area (Å²) < 4.78 is 10.7. The second kappa shape index (κ2) is 9.47. The number of fused-ring (bicyclic) bond motifs is 1. The molecule has 4 rings (SSSR count). The number of piperidine rings is 1. The van der Waals surface area contributed by atoms with Gasteiger partial charge in [-0.3, -0.25) is 9.59 Å². The molecular formula is C26H30N2O4. The standard InChI is InChI=1S/C26H30N2O4/c1-31-21-12-11-20(16-22(21)32-2)17-27-25(30)26-14-7-6-10-23(26)28(24(29)13-15-26)18-19-8-4-3-5-9-19/h3-5,8-12,16H,6-7,13-15,17-18H2,1-2H3,(H,27,30). The molecule has 1 heterocycles. The van der Waals surface area contributed by atoms with Gasteiger partial charge in [0.1, 0.15) is 0 Å². The summed E-state index contributed by atoms with van der Waals surface area (Å²) in [6, 6.07) is 15.6. The first kappa shape index (κ1) is 21.9.